The van der Waals surface area contributed by atoms with Crippen molar-refractivity contribution in [1.29, 1.82) is 0 Å². The van der Waals surface area contributed by atoms with Gasteiger partial charge in [0.25, 0.3) is 0 Å². The zero-order valence-electron chi connectivity index (χ0n) is 13.3. The molecule has 0 amide bonds. The Hall–Kier alpha value is -2.28. The molecule has 2 heterocycles. The van der Waals surface area contributed by atoms with Gasteiger partial charge in [0.1, 0.15) is 0 Å². The molecule has 3 rings (SSSR count). The number of anilines is 1. The Bertz CT molecular complexity index is 814. The first-order valence-electron chi connectivity index (χ1n) is 7.63. The number of hydrogen-bond donors (Lipinski definition) is 1. The van der Waals surface area contributed by atoms with Gasteiger partial charge in [0.15, 0.2) is 0 Å². The van der Waals surface area contributed by atoms with E-state index in [1.165, 1.54) is 4.68 Å². The standard InChI is InChI=1S/C16H17BClN4O2/c1-11-2-4-12(5-3-11)22-15(23)14(18)13(10-19-22)20-6-8-21(9-7-20)16(17)24/h2-5,10,24H,6-9H2,1H3. The number of aromatic nitrogens is 2. The predicted octanol–water partition coefficient (Wildman–Crippen LogP) is 0.945. The second-order valence-electron chi connectivity index (χ2n) is 5.73. The van der Waals surface area contributed by atoms with Crippen molar-refractivity contribution in [1.82, 2.24) is 14.7 Å². The van der Waals surface area contributed by atoms with Crippen molar-refractivity contribution in [2.45, 2.75) is 6.92 Å². The number of aliphatic hydroxyl groups excluding tert-OH is 1. The first-order chi connectivity index (χ1) is 11.5. The fourth-order valence-corrected chi connectivity index (χ4v) is 2.94. The van der Waals surface area contributed by atoms with Crippen LogP contribution in [-0.2, 0) is 0 Å². The normalized spacial score (nSPS) is 14.7. The van der Waals surface area contributed by atoms with Crippen molar-refractivity contribution in [3.8, 4) is 5.69 Å². The molecule has 1 N–H and O–H groups in total. The van der Waals surface area contributed by atoms with Gasteiger partial charge in [0.05, 0.1) is 0 Å². The van der Waals surface area contributed by atoms with Crippen LogP contribution >= 0.6 is 11.6 Å². The molecule has 0 spiro atoms. The summed E-state index contributed by atoms with van der Waals surface area (Å²) in [4.78, 5) is 16.2. The summed E-state index contributed by atoms with van der Waals surface area (Å²) in [7, 11) is 5.39. The Balaban J connectivity index is 1.87. The minimum atomic E-state index is -0.353. The number of piperazine rings is 1. The van der Waals surface area contributed by atoms with E-state index in [0.717, 1.165) is 5.56 Å². The third-order valence-corrected chi connectivity index (χ3v) is 4.48. The number of benzene rings is 1. The maximum atomic E-state index is 12.6. The van der Waals surface area contributed by atoms with E-state index in [1.54, 1.807) is 11.1 Å². The zero-order chi connectivity index (χ0) is 17.3. The number of halogens is 1. The molecule has 0 aliphatic carbocycles. The number of rotatable bonds is 3. The van der Waals surface area contributed by atoms with Gasteiger partial charge in [-0.1, -0.05) is 5.56 Å². The summed E-state index contributed by atoms with van der Waals surface area (Å²) in [5.41, 5.74) is 2.02. The summed E-state index contributed by atoms with van der Waals surface area (Å²) in [6.45, 7) is 4.28. The second kappa shape index (κ2) is 6.69. The van der Waals surface area contributed by atoms with E-state index in [1.807, 2.05) is 36.1 Å². The van der Waals surface area contributed by atoms with Gasteiger partial charge in [-0.15, -0.1) is 0 Å². The molecule has 1 aromatic heterocycles. The van der Waals surface area contributed by atoms with Crippen molar-refractivity contribution in [3.63, 3.8) is 0 Å². The van der Waals surface area contributed by atoms with E-state index in [9.17, 15) is 9.90 Å². The first-order valence-corrected chi connectivity index (χ1v) is 8.01. The van der Waals surface area contributed by atoms with Crippen LogP contribution in [0.2, 0.25) is 5.02 Å². The third-order valence-electron chi connectivity index (χ3n) is 4.12. The van der Waals surface area contributed by atoms with Crippen LogP contribution in [0.5, 0.6) is 0 Å². The molecule has 8 heteroatoms. The third kappa shape index (κ3) is 3.17. The van der Waals surface area contributed by atoms with E-state index in [0.29, 0.717) is 37.6 Å². The van der Waals surface area contributed by atoms with E-state index < -0.39 is 0 Å². The fraction of sp³-hybridized carbons (Fsp3) is 0.312. The Labute approximate surface area is 146 Å². The summed E-state index contributed by atoms with van der Waals surface area (Å²) < 4.78 is 1.29. The molecule has 1 aliphatic heterocycles. The van der Waals surface area contributed by atoms with Gasteiger partial charge < -0.3 is 0 Å². The van der Waals surface area contributed by atoms with Crippen molar-refractivity contribution in [2.24, 2.45) is 0 Å². The molecule has 0 bridgehead atoms. The number of aryl methyl sites for hydroxylation is 1. The minimum absolute atomic E-state index is 0.139. The zero-order valence-corrected chi connectivity index (χ0v) is 14.1. The Kier molecular flexibility index (Phi) is 4.62. The number of aliphatic hydroxyl groups is 1. The van der Waals surface area contributed by atoms with Crippen molar-refractivity contribution >= 4 is 30.5 Å². The van der Waals surface area contributed by atoms with Crippen LogP contribution < -0.4 is 10.5 Å². The van der Waals surface area contributed by atoms with Crippen LogP contribution in [0.1, 0.15) is 5.56 Å². The van der Waals surface area contributed by atoms with Crippen LogP contribution in [0.15, 0.2) is 35.3 Å². The predicted molar refractivity (Wildman–Crippen MR) is 96.1 cm³/mol. The molecule has 1 saturated heterocycles. The van der Waals surface area contributed by atoms with Gasteiger partial charge in [-0.2, -0.15) is 0 Å². The molecular weight excluding hydrogens is 326 g/mol. The van der Waals surface area contributed by atoms with Crippen molar-refractivity contribution in [2.75, 3.05) is 31.1 Å². The van der Waals surface area contributed by atoms with Crippen molar-refractivity contribution in [3.05, 3.63) is 51.4 Å². The van der Waals surface area contributed by atoms with Gasteiger partial charge in [0.2, 0.25) is 0 Å². The second-order valence-corrected chi connectivity index (χ2v) is 6.11. The molecule has 123 valence electrons. The van der Waals surface area contributed by atoms with E-state index in [4.69, 9.17) is 19.1 Å². The van der Waals surface area contributed by atoms with Crippen LogP contribution in [0.25, 0.3) is 5.69 Å². The SMILES string of the molecule is [B]=C(O)N1CCN(c2cnn(-c3ccc(C)cc3)c(=O)c2Cl)CC1. The van der Waals surface area contributed by atoms with Crippen LogP contribution in [0.3, 0.4) is 0 Å². The molecule has 6 nitrogen and oxygen atoms in total. The van der Waals surface area contributed by atoms with Gasteiger partial charge in [-0.05, 0) is 6.92 Å². The van der Waals surface area contributed by atoms with Crippen LogP contribution in [0.4, 0.5) is 5.69 Å². The molecule has 0 saturated carbocycles. The summed E-state index contributed by atoms with van der Waals surface area (Å²) >= 11 is 6.30. The number of nitrogens with zero attached hydrogens (tertiary/aromatic N) is 4. The quantitative estimate of drug-likeness (QED) is 0.841. The molecular formula is C16H17BClN4O2. The van der Waals surface area contributed by atoms with E-state index in [2.05, 4.69) is 5.10 Å². The molecule has 1 fully saturated rings. The van der Waals surface area contributed by atoms with Gasteiger partial charge in [-0.25, -0.2) is 0 Å². The topological polar surface area (TPSA) is 61.6 Å². The summed E-state index contributed by atoms with van der Waals surface area (Å²) in [5.74, 6) is -0.186. The average molecular weight is 344 g/mol. The molecule has 1 aromatic carbocycles. The van der Waals surface area contributed by atoms with Crippen molar-refractivity contribution < 1.29 is 5.11 Å². The Morgan fingerprint density at radius 1 is 1.21 bits per heavy atom. The fourth-order valence-electron chi connectivity index (χ4n) is 2.69. The van der Waals surface area contributed by atoms with Crippen LogP contribution in [0, 0.1) is 6.92 Å². The molecule has 24 heavy (non-hydrogen) atoms. The molecule has 1 aliphatic rings. The Morgan fingerprint density at radius 3 is 2.42 bits per heavy atom. The summed E-state index contributed by atoms with van der Waals surface area (Å²) in [6, 6.07) is 7.50. The summed E-state index contributed by atoms with van der Waals surface area (Å²) in [6.07, 6.45) is 1.60. The average Bonchev–Trinajstić information content (AvgIpc) is 2.58. The van der Waals surface area contributed by atoms with E-state index >= 15 is 0 Å². The monoisotopic (exact) mass is 343 g/mol. The number of hydrogen-bond acceptors (Lipinski definition) is 5. The van der Waals surface area contributed by atoms with Gasteiger partial charge >= 0.3 is 133 Å². The molecule has 0 unspecified atom stereocenters. The summed E-state index contributed by atoms with van der Waals surface area (Å²) in [5, 5.41) is 13.7. The molecule has 1 radical (unpaired) electrons. The first kappa shape index (κ1) is 16.6. The van der Waals surface area contributed by atoms with Gasteiger partial charge in [0, 0.05) is 0 Å². The Morgan fingerprint density at radius 2 is 1.83 bits per heavy atom. The van der Waals surface area contributed by atoms with E-state index in [-0.39, 0.29) is 16.4 Å². The van der Waals surface area contributed by atoms with Crippen LogP contribution in [-0.4, -0.2) is 59.2 Å². The van der Waals surface area contributed by atoms with Gasteiger partial charge in [-0.3, -0.25) is 0 Å². The maximum absolute atomic E-state index is 12.6. The molecule has 2 aromatic rings. The molecule has 0 atom stereocenters.